The second kappa shape index (κ2) is 8.37. The normalized spacial score (nSPS) is 15.1. The van der Waals surface area contributed by atoms with Crippen molar-refractivity contribution in [3.63, 3.8) is 0 Å². The first-order chi connectivity index (χ1) is 13.8. The van der Waals surface area contributed by atoms with Gasteiger partial charge < -0.3 is 4.74 Å². The lowest BCUT2D eigenvalue weighted by molar-refractivity contribution is -0.394. The van der Waals surface area contributed by atoms with Gasteiger partial charge in [0.15, 0.2) is 0 Å². The summed E-state index contributed by atoms with van der Waals surface area (Å²) in [5, 5.41) is 22.2. The molecule has 1 aliphatic rings. The van der Waals surface area contributed by atoms with E-state index in [0.29, 0.717) is 21.3 Å². The fraction of sp³-hybridized carbons (Fsp3) is 0.111. The predicted octanol–water partition coefficient (Wildman–Crippen LogP) is 4.52. The summed E-state index contributed by atoms with van der Waals surface area (Å²) in [6.45, 7) is 2.27. The average molecular weight is 431 g/mol. The lowest BCUT2D eigenvalue weighted by Gasteiger charge is -2.10. The molecule has 0 aromatic heterocycles. The minimum atomic E-state index is -0.753. The average Bonchev–Trinajstić information content (AvgIpc) is 2.95. The Bertz CT molecular complexity index is 1070. The van der Waals surface area contributed by atoms with E-state index in [1.165, 1.54) is 11.0 Å². The summed E-state index contributed by atoms with van der Waals surface area (Å²) in [6.07, 6.45) is 1.60. The summed E-state index contributed by atoms with van der Waals surface area (Å²) < 4.78 is 6.14. The maximum atomic E-state index is 12.4. The number of thiocarbonyl (C=S) groups is 1. The Kier molecular flexibility index (Phi) is 5.89. The topological polar surface area (TPSA) is 116 Å². The minimum absolute atomic E-state index is 0.150. The van der Waals surface area contributed by atoms with Crippen molar-refractivity contribution in [2.45, 2.75) is 6.92 Å². The van der Waals surface area contributed by atoms with Crippen molar-refractivity contribution in [3.8, 4) is 11.5 Å². The van der Waals surface area contributed by atoms with E-state index in [1.807, 2.05) is 6.92 Å². The van der Waals surface area contributed by atoms with E-state index in [9.17, 15) is 25.0 Å². The van der Waals surface area contributed by atoms with Gasteiger partial charge in [0.1, 0.15) is 10.1 Å². The van der Waals surface area contributed by atoms with Crippen molar-refractivity contribution in [2.75, 3.05) is 6.54 Å². The Morgan fingerprint density at radius 3 is 2.48 bits per heavy atom. The molecular weight excluding hydrogens is 418 g/mol. The Hall–Kier alpha value is -3.31. The molecule has 0 spiro atoms. The van der Waals surface area contributed by atoms with E-state index >= 15 is 0 Å². The molecule has 0 atom stereocenters. The number of rotatable bonds is 6. The van der Waals surface area contributed by atoms with Gasteiger partial charge >= 0.3 is 5.69 Å². The number of nitro groups is 2. The molecule has 9 nitrogen and oxygen atoms in total. The lowest BCUT2D eigenvalue weighted by atomic mass is 10.1. The van der Waals surface area contributed by atoms with Crippen molar-refractivity contribution in [3.05, 3.63) is 73.2 Å². The van der Waals surface area contributed by atoms with Crippen LogP contribution in [0, 0.1) is 20.2 Å². The van der Waals surface area contributed by atoms with E-state index in [0.717, 1.165) is 23.9 Å². The number of nitrogens with zero attached hydrogens (tertiary/aromatic N) is 3. The molecule has 1 saturated heterocycles. The quantitative estimate of drug-likeness (QED) is 0.284. The van der Waals surface area contributed by atoms with E-state index in [-0.39, 0.29) is 17.4 Å². The number of ether oxygens (including phenoxy) is 1. The van der Waals surface area contributed by atoms with E-state index in [2.05, 4.69) is 0 Å². The number of thioether (sulfide) groups is 1. The number of hydrogen-bond acceptors (Lipinski definition) is 8. The number of amides is 1. The van der Waals surface area contributed by atoms with Crippen molar-refractivity contribution >= 4 is 51.7 Å². The first kappa shape index (κ1) is 20.4. The third-order valence-corrected chi connectivity index (χ3v) is 5.34. The molecule has 148 valence electrons. The number of nitro benzene ring substituents is 2. The van der Waals surface area contributed by atoms with Crippen LogP contribution in [0.4, 0.5) is 11.4 Å². The molecule has 11 heteroatoms. The second-order valence-electron chi connectivity index (χ2n) is 5.73. The summed E-state index contributed by atoms with van der Waals surface area (Å²) in [4.78, 5) is 35.0. The molecule has 2 aromatic carbocycles. The molecule has 3 rings (SSSR count). The highest BCUT2D eigenvalue weighted by atomic mass is 32.2. The van der Waals surface area contributed by atoms with Crippen molar-refractivity contribution < 1.29 is 19.4 Å². The highest BCUT2D eigenvalue weighted by Gasteiger charge is 2.31. The molecule has 0 N–H and O–H groups in total. The van der Waals surface area contributed by atoms with Gasteiger partial charge in [-0.1, -0.05) is 42.2 Å². The van der Waals surface area contributed by atoms with Crippen LogP contribution >= 0.6 is 24.0 Å². The van der Waals surface area contributed by atoms with Crippen molar-refractivity contribution in [1.82, 2.24) is 4.90 Å². The largest absolute Gasteiger partial charge is 0.449 e. The Morgan fingerprint density at radius 1 is 1.14 bits per heavy atom. The summed E-state index contributed by atoms with van der Waals surface area (Å²) in [6, 6.07) is 9.79. The van der Waals surface area contributed by atoms with Crippen molar-refractivity contribution in [1.29, 1.82) is 0 Å². The number of carbonyl (C=O) groups is 1. The van der Waals surface area contributed by atoms with Crippen LogP contribution in [0.5, 0.6) is 11.5 Å². The van der Waals surface area contributed by atoms with Crippen LogP contribution in [-0.4, -0.2) is 31.5 Å². The SMILES string of the molecule is CCN1C(=O)/C(=C\c2ccccc2Oc2ccc([N+](=O)[O-])cc2[N+](=O)[O-])SC1=S. The predicted molar refractivity (Wildman–Crippen MR) is 112 cm³/mol. The molecule has 0 bridgehead atoms. The molecule has 0 radical (unpaired) electrons. The van der Waals surface area contributed by atoms with Gasteiger partial charge in [0.25, 0.3) is 11.6 Å². The third kappa shape index (κ3) is 4.25. The van der Waals surface area contributed by atoms with Gasteiger partial charge in [-0.25, -0.2) is 0 Å². The van der Waals surface area contributed by atoms with Crippen LogP contribution in [0.15, 0.2) is 47.4 Å². The molecule has 0 saturated carbocycles. The minimum Gasteiger partial charge on any atom is -0.449 e. The summed E-state index contributed by atoms with van der Waals surface area (Å²) in [7, 11) is 0. The van der Waals surface area contributed by atoms with Gasteiger partial charge in [-0.05, 0) is 25.1 Å². The molecular formula is C18H13N3O6S2. The Balaban J connectivity index is 1.98. The number of non-ortho nitro benzene ring substituents is 1. The highest BCUT2D eigenvalue weighted by molar-refractivity contribution is 8.26. The van der Waals surface area contributed by atoms with Gasteiger partial charge in [0.05, 0.1) is 20.8 Å². The molecule has 1 fully saturated rings. The standard InChI is InChI=1S/C18H13N3O6S2/c1-2-19-17(22)16(29-18(19)28)9-11-5-3-4-6-14(11)27-15-8-7-12(20(23)24)10-13(15)21(25)26/h3-10H,2H2,1H3/b16-9+. The van der Waals surface area contributed by atoms with Gasteiger partial charge in [-0.15, -0.1) is 0 Å². The smallest absolute Gasteiger partial charge is 0.318 e. The highest BCUT2D eigenvalue weighted by Crippen LogP contribution is 2.38. The number of hydrogen-bond donors (Lipinski definition) is 0. The Morgan fingerprint density at radius 2 is 1.86 bits per heavy atom. The van der Waals surface area contributed by atoms with E-state index in [1.54, 1.807) is 30.3 Å². The zero-order chi connectivity index (χ0) is 21.1. The van der Waals surface area contributed by atoms with Gasteiger partial charge in [0.2, 0.25) is 5.75 Å². The van der Waals surface area contributed by atoms with Crippen LogP contribution in [-0.2, 0) is 4.79 Å². The van der Waals surface area contributed by atoms with Crippen molar-refractivity contribution in [2.24, 2.45) is 0 Å². The molecule has 29 heavy (non-hydrogen) atoms. The van der Waals surface area contributed by atoms with Crippen LogP contribution in [0.25, 0.3) is 6.08 Å². The molecule has 1 amide bonds. The first-order valence-electron chi connectivity index (χ1n) is 8.27. The zero-order valence-corrected chi connectivity index (χ0v) is 16.6. The summed E-state index contributed by atoms with van der Waals surface area (Å²) in [5.74, 6) is -0.118. The first-order valence-corrected chi connectivity index (χ1v) is 9.49. The third-order valence-electron chi connectivity index (χ3n) is 3.97. The molecule has 1 heterocycles. The van der Waals surface area contributed by atoms with Gasteiger partial charge in [0, 0.05) is 18.2 Å². The fourth-order valence-corrected chi connectivity index (χ4v) is 3.95. The monoisotopic (exact) mass is 431 g/mol. The number of carbonyl (C=O) groups excluding carboxylic acids is 1. The fourth-order valence-electron chi connectivity index (χ4n) is 2.57. The summed E-state index contributed by atoms with van der Waals surface area (Å²) >= 11 is 6.35. The lowest BCUT2D eigenvalue weighted by Crippen LogP contribution is -2.27. The zero-order valence-electron chi connectivity index (χ0n) is 14.9. The Labute approximate surface area is 174 Å². The maximum absolute atomic E-state index is 12.4. The number of benzene rings is 2. The van der Waals surface area contributed by atoms with E-state index < -0.39 is 21.2 Å². The van der Waals surface area contributed by atoms with Crippen LogP contribution < -0.4 is 4.74 Å². The maximum Gasteiger partial charge on any atom is 0.318 e. The molecule has 0 aliphatic carbocycles. The number of para-hydroxylation sites is 1. The van der Waals surface area contributed by atoms with E-state index in [4.69, 9.17) is 17.0 Å². The second-order valence-corrected chi connectivity index (χ2v) is 7.41. The van der Waals surface area contributed by atoms with Crippen LogP contribution in [0.1, 0.15) is 12.5 Å². The van der Waals surface area contributed by atoms with Crippen LogP contribution in [0.2, 0.25) is 0 Å². The van der Waals surface area contributed by atoms with Gasteiger partial charge in [-0.3, -0.25) is 29.9 Å². The molecule has 1 aliphatic heterocycles. The van der Waals surface area contributed by atoms with Gasteiger partial charge in [-0.2, -0.15) is 0 Å². The molecule has 0 unspecified atom stereocenters. The summed E-state index contributed by atoms with van der Waals surface area (Å²) in [5.41, 5.74) is -0.441. The molecule has 2 aromatic rings. The van der Waals surface area contributed by atoms with Crippen LogP contribution in [0.3, 0.4) is 0 Å². The number of likely N-dealkylation sites (N-methyl/N-ethyl adjacent to an activating group) is 1.